The molecule has 0 bridgehead atoms. The zero-order chi connectivity index (χ0) is 16.2. The second kappa shape index (κ2) is 6.44. The molecule has 3 rings (SSSR count). The highest BCUT2D eigenvalue weighted by Gasteiger charge is 2.08. The van der Waals surface area contributed by atoms with E-state index in [-0.39, 0.29) is 11.8 Å². The molecule has 0 amide bonds. The van der Waals surface area contributed by atoms with Crippen molar-refractivity contribution in [2.24, 2.45) is 0 Å². The topological polar surface area (TPSA) is 26.3 Å². The number of hydrogen-bond donors (Lipinski definition) is 0. The van der Waals surface area contributed by atoms with Gasteiger partial charge in [0.1, 0.15) is 11.6 Å². The summed E-state index contributed by atoms with van der Waals surface area (Å²) in [5.41, 5.74) is 3.44. The van der Waals surface area contributed by atoms with Gasteiger partial charge in [-0.2, -0.15) is 0 Å². The van der Waals surface area contributed by atoms with E-state index >= 15 is 0 Å². The van der Waals surface area contributed by atoms with Crippen LogP contribution in [0.25, 0.3) is 11.1 Å². The molecule has 2 nitrogen and oxygen atoms in total. The molecule has 114 valence electrons. The zero-order valence-corrected chi connectivity index (χ0v) is 12.6. The van der Waals surface area contributed by atoms with Gasteiger partial charge in [0.25, 0.3) is 0 Å². The van der Waals surface area contributed by atoms with Crippen molar-refractivity contribution in [2.75, 3.05) is 0 Å². The van der Waals surface area contributed by atoms with Crippen LogP contribution in [0.2, 0.25) is 0 Å². The molecule has 0 radical (unpaired) electrons. The Morgan fingerprint density at radius 1 is 0.783 bits per heavy atom. The Morgan fingerprint density at radius 2 is 1.30 bits per heavy atom. The Labute approximate surface area is 134 Å². The largest absolute Gasteiger partial charge is 0.423 e. The van der Waals surface area contributed by atoms with E-state index < -0.39 is 0 Å². The molecule has 0 aromatic heterocycles. The number of halogens is 1. The molecule has 0 atom stereocenters. The second-order valence-electron chi connectivity index (χ2n) is 5.29. The molecule has 0 heterocycles. The summed E-state index contributed by atoms with van der Waals surface area (Å²) in [6.07, 6.45) is 0. The molecule has 0 spiro atoms. The van der Waals surface area contributed by atoms with Crippen LogP contribution in [0.3, 0.4) is 0 Å². The summed E-state index contributed by atoms with van der Waals surface area (Å²) < 4.78 is 18.3. The number of benzene rings is 3. The number of esters is 1. The first-order valence-corrected chi connectivity index (χ1v) is 7.27. The van der Waals surface area contributed by atoms with Crippen molar-refractivity contribution in [3.63, 3.8) is 0 Å². The minimum Gasteiger partial charge on any atom is -0.423 e. The summed E-state index contributed by atoms with van der Waals surface area (Å²) in [7, 11) is 0. The van der Waals surface area contributed by atoms with Crippen molar-refractivity contribution in [2.45, 2.75) is 6.92 Å². The predicted octanol–water partition coefficient (Wildman–Crippen LogP) is 5.02. The molecule has 0 saturated carbocycles. The van der Waals surface area contributed by atoms with Crippen LogP contribution in [0.15, 0.2) is 72.8 Å². The van der Waals surface area contributed by atoms with Gasteiger partial charge in [0, 0.05) is 0 Å². The number of carbonyl (C=O) groups is 1. The van der Waals surface area contributed by atoms with Gasteiger partial charge in [-0.05, 0) is 54.4 Å². The van der Waals surface area contributed by atoms with Gasteiger partial charge in [-0.1, -0.05) is 42.0 Å². The Morgan fingerprint density at radius 3 is 1.87 bits per heavy atom. The van der Waals surface area contributed by atoms with E-state index in [0.717, 1.165) is 16.7 Å². The van der Waals surface area contributed by atoms with E-state index in [1.807, 2.05) is 31.2 Å². The summed E-state index contributed by atoms with van der Waals surface area (Å²) in [5, 5.41) is 0. The molecule has 0 N–H and O–H groups in total. The molecule has 23 heavy (non-hydrogen) atoms. The van der Waals surface area contributed by atoms with Gasteiger partial charge >= 0.3 is 5.97 Å². The summed E-state index contributed by atoms with van der Waals surface area (Å²) in [4.78, 5) is 12.1. The fourth-order valence-corrected chi connectivity index (χ4v) is 2.21. The van der Waals surface area contributed by atoms with Crippen LogP contribution in [0.1, 0.15) is 15.9 Å². The molecule has 0 aliphatic heterocycles. The lowest BCUT2D eigenvalue weighted by atomic mass is 10.1. The molecular formula is C20H15FO2. The highest BCUT2D eigenvalue weighted by molar-refractivity contribution is 5.91. The normalized spacial score (nSPS) is 10.3. The number of ether oxygens (including phenoxy) is 1. The van der Waals surface area contributed by atoms with Crippen LogP contribution >= 0.6 is 0 Å². The number of hydrogen-bond acceptors (Lipinski definition) is 2. The maximum atomic E-state index is 12.9. The fourth-order valence-electron chi connectivity index (χ4n) is 2.21. The second-order valence-corrected chi connectivity index (χ2v) is 5.29. The van der Waals surface area contributed by atoms with E-state index in [0.29, 0.717) is 11.3 Å². The van der Waals surface area contributed by atoms with Crippen LogP contribution in [-0.4, -0.2) is 5.97 Å². The summed E-state index contributed by atoms with van der Waals surface area (Å²) in [5.74, 6) is -0.182. The lowest BCUT2D eigenvalue weighted by Crippen LogP contribution is -2.08. The van der Waals surface area contributed by atoms with E-state index in [1.165, 1.54) is 12.1 Å². The smallest absolute Gasteiger partial charge is 0.343 e. The fraction of sp³-hybridized carbons (Fsp3) is 0.0500. The molecule has 3 heteroatoms. The van der Waals surface area contributed by atoms with Crippen molar-refractivity contribution in [1.82, 2.24) is 0 Å². The third-order valence-electron chi connectivity index (χ3n) is 3.53. The number of rotatable bonds is 3. The third-order valence-corrected chi connectivity index (χ3v) is 3.53. The first-order valence-electron chi connectivity index (χ1n) is 7.27. The Hall–Kier alpha value is -2.94. The SMILES string of the molecule is Cc1ccc(C(=O)Oc2ccc(-c3ccc(F)cc3)cc2)cc1. The highest BCUT2D eigenvalue weighted by atomic mass is 19.1. The zero-order valence-electron chi connectivity index (χ0n) is 12.6. The highest BCUT2D eigenvalue weighted by Crippen LogP contribution is 2.23. The maximum absolute atomic E-state index is 12.9. The molecule has 0 saturated heterocycles. The van der Waals surface area contributed by atoms with Gasteiger partial charge in [0.05, 0.1) is 5.56 Å². The van der Waals surface area contributed by atoms with Crippen molar-refractivity contribution < 1.29 is 13.9 Å². The minimum absolute atomic E-state index is 0.266. The molecule has 0 unspecified atom stereocenters. The Balaban J connectivity index is 1.73. The van der Waals surface area contributed by atoms with E-state index in [9.17, 15) is 9.18 Å². The summed E-state index contributed by atoms with van der Waals surface area (Å²) in [6, 6.07) is 20.6. The standard InChI is InChI=1S/C20H15FO2/c1-14-2-4-17(5-3-14)20(22)23-19-12-8-16(9-13-19)15-6-10-18(21)11-7-15/h2-13H,1H3. The predicted molar refractivity (Wildman–Crippen MR) is 88.0 cm³/mol. The average Bonchev–Trinajstić information content (AvgIpc) is 2.57. The van der Waals surface area contributed by atoms with Crippen LogP contribution in [0, 0.1) is 12.7 Å². The Bertz CT molecular complexity index is 804. The van der Waals surface area contributed by atoms with E-state index in [4.69, 9.17) is 4.74 Å². The van der Waals surface area contributed by atoms with Crippen LogP contribution in [0.4, 0.5) is 4.39 Å². The van der Waals surface area contributed by atoms with Crippen molar-refractivity contribution in [3.05, 3.63) is 89.7 Å². The molecule has 3 aromatic rings. The first kappa shape index (κ1) is 15.0. The number of carbonyl (C=O) groups excluding carboxylic acids is 1. The first-order chi connectivity index (χ1) is 11.1. The molecule has 3 aromatic carbocycles. The van der Waals surface area contributed by atoms with Gasteiger partial charge in [-0.3, -0.25) is 0 Å². The molecular weight excluding hydrogens is 291 g/mol. The van der Waals surface area contributed by atoms with Crippen LogP contribution in [0.5, 0.6) is 5.75 Å². The third kappa shape index (κ3) is 3.64. The lowest BCUT2D eigenvalue weighted by Gasteiger charge is -2.06. The van der Waals surface area contributed by atoms with Gasteiger partial charge in [0.2, 0.25) is 0 Å². The van der Waals surface area contributed by atoms with Gasteiger partial charge in [-0.15, -0.1) is 0 Å². The monoisotopic (exact) mass is 306 g/mol. The minimum atomic E-state index is -0.389. The molecule has 0 fully saturated rings. The number of aryl methyl sites for hydroxylation is 1. The van der Waals surface area contributed by atoms with Crippen molar-refractivity contribution in [1.29, 1.82) is 0 Å². The van der Waals surface area contributed by atoms with E-state index in [1.54, 1.807) is 36.4 Å². The maximum Gasteiger partial charge on any atom is 0.343 e. The summed E-state index contributed by atoms with van der Waals surface area (Å²) >= 11 is 0. The van der Waals surface area contributed by atoms with Gasteiger partial charge < -0.3 is 4.74 Å². The van der Waals surface area contributed by atoms with Crippen molar-refractivity contribution >= 4 is 5.97 Å². The molecule has 0 aliphatic rings. The quantitative estimate of drug-likeness (QED) is 0.501. The van der Waals surface area contributed by atoms with Gasteiger partial charge in [-0.25, -0.2) is 9.18 Å². The van der Waals surface area contributed by atoms with E-state index in [2.05, 4.69) is 0 Å². The van der Waals surface area contributed by atoms with Gasteiger partial charge in [0.15, 0.2) is 0 Å². The van der Waals surface area contributed by atoms with Crippen LogP contribution in [-0.2, 0) is 0 Å². The van der Waals surface area contributed by atoms with Crippen LogP contribution < -0.4 is 4.74 Å². The summed E-state index contributed by atoms with van der Waals surface area (Å²) in [6.45, 7) is 1.96. The Kier molecular flexibility index (Phi) is 4.20. The van der Waals surface area contributed by atoms with Crippen molar-refractivity contribution in [3.8, 4) is 16.9 Å². The lowest BCUT2D eigenvalue weighted by molar-refractivity contribution is 0.0735. The average molecular weight is 306 g/mol. The molecule has 0 aliphatic carbocycles.